The van der Waals surface area contributed by atoms with Crippen molar-refractivity contribution in [2.75, 3.05) is 19.7 Å². The van der Waals surface area contributed by atoms with E-state index in [4.69, 9.17) is 16.3 Å². The lowest BCUT2D eigenvalue weighted by molar-refractivity contribution is -0.124. The van der Waals surface area contributed by atoms with Gasteiger partial charge in [0, 0.05) is 19.1 Å². The van der Waals surface area contributed by atoms with E-state index >= 15 is 0 Å². The van der Waals surface area contributed by atoms with E-state index in [2.05, 4.69) is 5.32 Å². The van der Waals surface area contributed by atoms with Crippen LogP contribution < -0.4 is 5.32 Å². The number of carbonyl (C=O) groups is 2. The van der Waals surface area contributed by atoms with Gasteiger partial charge < -0.3 is 10.1 Å². The third kappa shape index (κ3) is 5.67. The topological polar surface area (TPSA) is 92.8 Å². The molecule has 0 bridgehead atoms. The first-order valence-corrected chi connectivity index (χ1v) is 10.8. The fourth-order valence-electron chi connectivity index (χ4n) is 2.93. The molecule has 1 atom stereocenters. The Hall–Kier alpha value is -1.64. The number of hydrogen-bond donors (Lipinski definition) is 1. The van der Waals surface area contributed by atoms with Crippen LogP contribution in [0.2, 0.25) is 5.02 Å². The number of nitrogens with zero attached hydrogens (tertiary/aromatic N) is 1. The molecule has 9 heteroatoms. The Balaban J connectivity index is 2.06. The molecule has 0 saturated carbocycles. The van der Waals surface area contributed by atoms with Gasteiger partial charge in [0.2, 0.25) is 10.0 Å². The zero-order valence-corrected chi connectivity index (χ0v) is 17.1. The van der Waals surface area contributed by atoms with Gasteiger partial charge in [0.05, 0.1) is 10.6 Å². The number of sulfonamides is 1. The number of nitrogens with one attached hydrogen (secondary N) is 1. The molecule has 1 aromatic rings. The minimum Gasteiger partial charge on any atom is -0.452 e. The van der Waals surface area contributed by atoms with Crippen LogP contribution in [0.3, 0.4) is 0 Å². The van der Waals surface area contributed by atoms with Gasteiger partial charge in [-0.15, -0.1) is 0 Å². The fraction of sp³-hybridized carbons (Fsp3) is 0.556. The number of ether oxygens (including phenoxy) is 1. The van der Waals surface area contributed by atoms with Crippen molar-refractivity contribution in [3.8, 4) is 0 Å². The summed E-state index contributed by atoms with van der Waals surface area (Å²) in [5, 5.41) is 2.78. The van der Waals surface area contributed by atoms with Crippen LogP contribution in [-0.4, -0.2) is 50.3 Å². The molecule has 1 fully saturated rings. The molecule has 1 amide bonds. The van der Waals surface area contributed by atoms with Crippen molar-refractivity contribution in [3.63, 3.8) is 0 Å². The molecule has 0 aromatic heterocycles. The van der Waals surface area contributed by atoms with Crippen molar-refractivity contribution in [3.05, 3.63) is 28.8 Å². The highest BCUT2D eigenvalue weighted by Gasteiger charge is 2.30. The standard InChI is InChI=1S/C18H25ClN2O5S/c1-3-6-13(2)20-17(22)12-26-18(23)14-7-8-15(19)16(11-14)27(24,25)21-9-4-5-10-21/h7-8,11,13H,3-6,9-10,12H2,1-2H3,(H,20,22)/t13-/m0/s1. The average molecular weight is 417 g/mol. The molecule has 1 aliphatic rings. The Morgan fingerprint density at radius 1 is 1.30 bits per heavy atom. The minimum absolute atomic E-state index is 0.00561. The SMILES string of the molecule is CCC[C@H](C)NC(=O)COC(=O)c1ccc(Cl)c(S(=O)(=O)N2CCCC2)c1. The number of halogens is 1. The fourth-order valence-corrected chi connectivity index (χ4v) is 4.95. The molecule has 1 N–H and O–H groups in total. The van der Waals surface area contributed by atoms with Crippen LogP contribution in [0, 0.1) is 0 Å². The van der Waals surface area contributed by atoms with Gasteiger partial charge in [-0.3, -0.25) is 4.79 Å². The minimum atomic E-state index is -3.76. The summed E-state index contributed by atoms with van der Waals surface area (Å²) in [6, 6.07) is 3.93. The van der Waals surface area contributed by atoms with Crippen LogP contribution in [0.25, 0.3) is 0 Å². The smallest absolute Gasteiger partial charge is 0.338 e. The Kier molecular flexibility index (Phi) is 7.64. The van der Waals surface area contributed by atoms with E-state index in [1.807, 2.05) is 13.8 Å². The number of hydrogen-bond acceptors (Lipinski definition) is 5. The molecule has 0 unspecified atom stereocenters. The van der Waals surface area contributed by atoms with Gasteiger partial charge in [-0.25, -0.2) is 13.2 Å². The first kappa shape index (κ1) is 21.7. The molecule has 150 valence electrons. The molecule has 27 heavy (non-hydrogen) atoms. The maximum atomic E-state index is 12.7. The summed E-state index contributed by atoms with van der Waals surface area (Å²) in [5.41, 5.74) is 0.0339. The third-order valence-corrected chi connectivity index (χ3v) is 6.69. The molecular formula is C18H25ClN2O5S. The highest BCUT2D eigenvalue weighted by atomic mass is 35.5. The summed E-state index contributed by atoms with van der Waals surface area (Å²) in [6.45, 7) is 4.32. The first-order valence-electron chi connectivity index (χ1n) is 9.02. The van der Waals surface area contributed by atoms with E-state index in [1.54, 1.807) is 0 Å². The first-order chi connectivity index (χ1) is 12.8. The normalized spacial score (nSPS) is 16.1. The molecule has 1 heterocycles. The van der Waals surface area contributed by atoms with Crippen LogP contribution in [0.4, 0.5) is 0 Å². The second-order valence-electron chi connectivity index (χ2n) is 6.59. The largest absolute Gasteiger partial charge is 0.452 e. The van der Waals surface area contributed by atoms with E-state index in [1.165, 1.54) is 22.5 Å². The van der Waals surface area contributed by atoms with Crippen molar-refractivity contribution < 1.29 is 22.7 Å². The maximum absolute atomic E-state index is 12.7. The molecule has 0 spiro atoms. The quantitative estimate of drug-likeness (QED) is 0.657. The van der Waals surface area contributed by atoms with Crippen molar-refractivity contribution in [1.82, 2.24) is 9.62 Å². The van der Waals surface area contributed by atoms with Crippen LogP contribution in [0.5, 0.6) is 0 Å². The zero-order chi connectivity index (χ0) is 20.0. The second kappa shape index (κ2) is 9.52. The second-order valence-corrected chi connectivity index (χ2v) is 8.90. The van der Waals surface area contributed by atoms with Crippen LogP contribution in [0.1, 0.15) is 49.9 Å². The number of rotatable bonds is 8. The lowest BCUT2D eigenvalue weighted by atomic mass is 10.2. The van der Waals surface area contributed by atoms with Crippen molar-refractivity contribution in [1.29, 1.82) is 0 Å². The molecule has 0 radical (unpaired) electrons. The van der Waals surface area contributed by atoms with E-state index in [0.717, 1.165) is 25.7 Å². The van der Waals surface area contributed by atoms with Crippen LogP contribution in [0.15, 0.2) is 23.1 Å². The van der Waals surface area contributed by atoms with Gasteiger partial charge in [-0.2, -0.15) is 4.31 Å². The predicted octanol–water partition coefficient (Wildman–Crippen LogP) is 2.59. The Morgan fingerprint density at radius 3 is 2.59 bits per heavy atom. The summed E-state index contributed by atoms with van der Waals surface area (Å²) < 4.78 is 31.8. The van der Waals surface area contributed by atoms with E-state index in [9.17, 15) is 18.0 Å². The van der Waals surface area contributed by atoms with Crippen molar-refractivity contribution >= 4 is 33.5 Å². The zero-order valence-electron chi connectivity index (χ0n) is 15.5. The van der Waals surface area contributed by atoms with Crippen molar-refractivity contribution in [2.45, 2.75) is 50.5 Å². The Bertz CT molecular complexity index is 791. The van der Waals surface area contributed by atoms with Gasteiger partial charge in [-0.1, -0.05) is 24.9 Å². The van der Waals surface area contributed by atoms with Gasteiger partial charge in [0.1, 0.15) is 4.90 Å². The third-order valence-electron chi connectivity index (χ3n) is 4.31. The molecule has 1 aromatic carbocycles. The van der Waals surface area contributed by atoms with E-state index in [-0.39, 0.29) is 21.5 Å². The van der Waals surface area contributed by atoms with Gasteiger partial charge in [0.15, 0.2) is 6.61 Å². The summed E-state index contributed by atoms with van der Waals surface area (Å²) in [6.07, 6.45) is 3.35. The van der Waals surface area contributed by atoms with Crippen LogP contribution >= 0.6 is 11.6 Å². The molecule has 0 aliphatic carbocycles. The summed E-state index contributed by atoms with van der Waals surface area (Å²) in [4.78, 5) is 23.9. The summed E-state index contributed by atoms with van der Waals surface area (Å²) in [5.74, 6) is -1.17. The molecule has 7 nitrogen and oxygen atoms in total. The molecule has 2 rings (SSSR count). The summed E-state index contributed by atoms with van der Waals surface area (Å²) >= 11 is 6.06. The monoisotopic (exact) mass is 416 g/mol. The lowest BCUT2D eigenvalue weighted by Gasteiger charge is -2.17. The maximum Gasteiger partial charge on any atom is 0.338 e. The van der Waals surface area contributed by atoms with Crippen molar-refractivity contribution in [2.24, 2.45) is 0 Å². The van der Waals surface area contributed by atoms with Gasteiger partial charge >= 0.3 is 5.97 Å². The molecular weight excluding hydrogens is 392 g/mol. The number of carbonyl (C=O) groups excluding carboxylic acids is 2. The van der Waals surface area contributed by atoms with E-state index in [0.29, 0.717) is 13.1 Å². The Labute approximate surface area is 165 Å². The lowest BCUT2D eigenvalue weighted by Crippen LogP contribution is -2.35. The Morgan fingerprint density at radius 2 is 1.96 bits per heavy atom. The molecule has 1 aliphatic heterocycles. The van der Waals surface area contributed by atoms with Gasteiger partial charge in [-0.05, 0) is 44.4 Å². The van der Waals surface area contributed by atoms with E-state index < -0.39 is 28.5 Å². The number of amides is 1. The van der Waals surface area contributed by atoms with Gasteiger partial charge in [0.25, 0.3) is 5.91 Å². The molecule has 1 saturated heterocycles. The average Bonchev–Trinajstić information content (AvgIpc) is 3.15. The predicted molar refractivity (Wildman–Crippen MR) is 102 cm³/mol. The number of benzene rings is 1. The van der Waals surface area contributed by atoms with Crippen LogP contribution in [-0.2, 0) is 19.6 Å². The summed E-state index contributed by atoms with van der Waals surface area (Å²) in [7, 11) is -3.76. The number of esters is 1. The highest BCUT2D eigenvalue weighted by molar-refractivity contribution is 7.89. The highest BCUT2D eigenvalue weighted by Crippen LogP contribution is 2.28.